The number of allylic oxidation sites excluding steroid dienone is 1. The highest BCUT2D eigenvalue weighted by Crippen LogP contribution is 2.09. The summed E-state index contributed by atoms with van der Waals surface area (Å²) in [5.74, 6) is 1.53. The SMILES string of the molecule is C=C(C)CCC(C)CNCC(C)C. The molecule has 0 aliphatic rings. The number of hydrogen-bond donors (Lipinski definition) is 1. The molecule has 1 unspecified atom stereocenters. The molecule has 0 rings (SSSR count). The number of rotatable bonds is 7. The van der Waals surface area contributed by atoms with Crippen LogP contribution in [-0.2, 0) is 0 Å². The van der Waals surface area contributed by atoms with Crippen LogP contribution >= 0.6 is 0 Å². The second kappa shape index (κ2) is 7.14. The first-order valence-corrected chi connectivity index (χ1v) is 5.37. The summed E-state index contributed by atoms with van der Waals surface area (Å²) in [5, 5.41) is 3.48. The highest BCUT2D eigenvalue weighted by molar-refractivity contribution is 4.87. The van der Waals surface area contributed by atoms with Crippen LogP contribution in [0.25, 0.3) is 0 Å². The lowest BCUT2D eigenvalue weighted by molar-refractivity contribution is 0.454. The zero-order valence-electron chi connectivity index (χ0n) is 9.69. The molecule has 0 spiro atoms. The van der Waals surface area contributed by atoms with E-state index in [4.69, 9.17) is 0 Å². The molecule has 1 atom stereocenters. The van der Waals surface area contributed by atoms with Gasteiger partial charge in [-0.15, -0.1) is 6.58 Å². The van der Waals surface area contributed by atoms with Gasteiger partial charge in [0.05, 0.1) is 0 Å². The van der Waals surface area contributed by atoms with Crippen LogP contribution in [0.2, 0.25) is 0 Å². The number of nitrogens with one attached hydrogen (secondary N) is 1. The highest BCUT2D eigenvalue weighted by atomic mass is 14.9. The Morgan fingerprint density at radius 1 is 1.23 bits per heavy atom. The van der Waals surface area contributed by atoms with Crippen molar-refractivity contribution in [2.45, 2.75) is 40.5 Å². The van der Waals surface area contributed by atoms with Crippen molar-refractivity contribution in [2.24, 2.45) is 11.8 Å². The van der Waals surface area contributed by atoms with Crippen molar-refractivity contribution < 1.29 is 0 Å². The molecule has 0 fully saturated rings. The molecule has 13 heavy (non-hydrogen) atoms. The van der Waals surface area contributed by atoms with E-state index in [0.717, 1.165) is 24.9 Å². The standard InChI is InChI=1S/C12H25N/c1-10(2)6-7-12(5)9-13-8-11(3)4/h11-13H,1,6-9H2,2-5H3. The molecule has 0 aromatic carbocycles. The topological polar surface area (TPSA) is 12.0 Å². The van der Waals surface area contributed by atoms with E-state index in [1.165, 1.54) is 18.4 Å². The van der Waals surface area contributed by atoms with Crippen LogP contribution in [0, 0.1) is 11.8 Å². The fraction of sp³-hybridized carbons (Fsp3) is 0.833. The maximum Gasteiger partial charge on any atom is -0.00229 e. The predicted molar refractivity (Wildman–Crippen MR) is 60.9 cm³/mol. The quantitative estimate of drug-likeness (QED) is 0.598. The molecule has 1 heteroatoms. The summed E-state index contributed by atoms with van der Waals surface area (Å²) < 4.78 is 0. The van der Waals surface area contributed by atoms with E-state index in [0.29, 0.717) is 0 Å². The summed E-state index contributed by atoms with van der Waals surface area (Å²) >= 11 is 0. The van der Waals surface area contributed by atoms with Crippen molar-refractivity contribution in [3.05, 3.63) is 12.2 Å². The Balaban J connectivity index is 3.30. The molecule has 0 radical (unpaired) electrons. The molecule has 0 aliphatic heterocycles. The lowest BCUT2D eigenvalue weighted by atomic mass is 10.0. The van der Waals surface area contributed by atoms with Crippen LogP contribution in [0.1, 0.15) is 40.5 Å². The Kier molecular flexibility index (Phi) is 6.97. The summed E-state index contributed by atoms with van der Waals surface area (Å²) in [5.41, 5.74) is 1.30. The fourth-order valence-corrected chi connectivity index (χ4v) is 1.21. The van der Waals surface area contributed by atoms with Gasteiger partial charge in [-0.05, 0) is 44.7 Å². The smallest absolute Gasteiger partial charge is 0.00229 e. The van der Waals surface area contributed by atoms with Gasteiger partial charge < -0.3 is 5.32 Å². The van der Waals surface area contributed by atoms with Crippen molar-refractivity contribution in [1.29, 1.82) is 0 Å². The van der Waals surface area contributed by atoms with Crippen LogP contribution < -0.4 is 5.32 Å². The van der Waals surface area contributed by atoms with E-state index in [9.17, 15) is 0 Å². The van der Waals surface area contributed by atoms with Crippen molar-refractivity contribution >= 4 is 0 Å². The van der Waals surface area contributed by atoms with Crippen molar-refractivity contribution in [3.8, 4) is 0 Å². The molecule has 0 heterocycles. The molecule has 0 aromatic rings. The Bertz CT molecular complexity index is 138. The molecule has 78 valence electrons. The molecule has 1 nitrogen and oxygen atoms in total. The van der Waals surface area contributed by atoms with Crippen molar-refractivity contribution in [1.82, 2.24) is 5.32 Å². The van der Waals surface area contributed by atoms with E-state index < -0.39 is 0 Å². The maximum absolute atomic E-state index is 3.92. The van der Waals surface area contributed by atoms with Gasteiger partial charge in [0.2, 0.25) is 0 Å². The molecular formula is C12H25N. The largest absolute Gasteiger partial charge is 0.316 e. The second-order valence-electron chi connectivity index (χ2n) is 4.65. The van der Waals surface area contributed by atoms with E-state index >= 15 is 0 Å². The predicted octanol–water partition coefficient (Wildman–Crippen LogP) is 3.22. The molecule has 0 saturated heterocycles. The van der Waals surface area contributed by atoms with Gasteiger partial charge in [-0.2, -0.15) is 0 Å². The Morgan fingerprint density at radius 3 is 2.31 bits per heavy atom. The summed E-state index contributed by atoms with van der Waals surface area (Å²) in [6.07, 6.45) is 2.44. The summed E-state index contributed by atoms with van der Waals surface area (Å²) in [7, 11) is 0. The van der Waals surface area contributed by atoms with Crippen LogP contribution in [-0.4, -0.2) is 13.1 Å². The molecular weight excluding hydrogens is 158 g/mol. The summed E-state index contributed by atoms with van der Waals surface area (Å²) in [6.45, 7) is 15.1. The molecule has 1 N–H and O–H groups in total. The van der Waals surface area contributed by atoms with Gasteiger partial charge in [0.15, 0.2) is 0 Å². The molecule has 0 aromatic heterocycles. The van der Waals surface area contributed by atoms with Gasteiger partial charge in [0.25, 0.3) is 0 Å². The molecule has 0 amide bonds. The first kappa shape index (κ1) is 12.7. The van der Waals surface area contributed by atoms with Gasteiger partial charge in [-0.1, -0.05) is 26.3 Å². The van der Waals surface area contributed by atoms with Crippen LogP contribution in [0.4, 0.5) is 0 Å². The molecule has 0 saturated carbocycles. The lowest BCUT2D eigenvalue weighted by Crippen LogP contribution is -2.25. The van der Waals surface area contributed by atoms with E-state index in [-0.39, 0.29) is 0 Å². The van der Waals surface area contributed by atoms with Gasteiger partial charge >= 0.3 is 0 Å². The summed E-state index contributed by atoms with van der Waals surface area (Å²) in [4.78, 5) is 0. The average molecular weight is 183 g/mol. The minimum absolute atomic E-state index is 0.758. The van der Waals surface area contributed by atoms with Gasteiger partial charge in [0.1, 0.15) is 0 Å². The Labute approximate surface area is 83.6 Å². The highest BCUT2D eigenvalue weighted by Gasteiger charge is 2.01. The van der Waals surface area contributed by atoms with Crippen LogP contribution in [0.5, 0.6) is 0 Å². The van der Waals surface area contributed by atoms with Gasteiger partial charge in [-0.3, -0.25) is 0 Å². The normalized spacial score (nSPS) is 13.3. The first-order chi connectivity index (χ1) is 6.02. The fourth-order valence-electron chi connectivity index (χ4n) is 1.21. The third-order valence-corrected chi connectivity index (χ3v) is 2.11. The zero-order valence-corrected chi connectivity index (χ0v) is 9.69. The summed E-state index contributed by atoms with van der Waals surface area (Å²) in [6, 6.07) is 0. The Morgan fingerprint density at radius 2 is 1.85 bits per heavy atom. The first-order valence-electron chi connectivity index (χ1n) is 5.37. The van der Waals surface area contributed by atoms with Gasteiger partial charge in [0, 0.05) is 0 Å². The van der Waals surface area contributed by atoms with E-state index in [1.54, 1.807) is 0 Å². The minimum atomic E-state index is 0.758. The van der Waals surface area contributed by atoms with E-state index in [1.807, 2.05) is 0 Å². The molecule has 0 aliphatic carbocycles. The second-order valence-corrected chi connectivity index (χ2v) is 4.65. The minimum Gasteiger partial charge on any atom is -0.316 e. The van der Waals surface area contributed by atoms with E-state index in [2.05, 4.69) is 39.6 Å². The lowest BCUT2D eigenvalue weighted by Gasteiger charge is -2.13. The third-order valence-electron chi connectivity index (χ3n) is 2.11. The molecule has 0 bridgehead atoms. The van der Waals surface area contributed by atoms with Gasteiger partial charge in [-0.25, -0.2) is 0 Å². The average Bonchev–Trinajstić information content (AvgIpc) is 2.00. The zero-order chi connectivity index (χ0) is 10.3. The maximum atomic E-state index is 3.92. The third kappa shape index (κ3) is 9.62. The monoisotopic (exact) mass is 183 g/mol. The van der Waals surface area contributed by atoms with Crippen molar-refractivity contribution in [3.63, 3.8) is 0 Å². The number of hydrogen-bond acceptors (Lipinski definition) is 1. The van der Waals surface area contributed by atoms with Crippen LogP contribution in [0.15, 0.2) is 12.2 Å². The Hall–Kier alpha value is -0.300. The van der Waals surface area contributed by atoms with Crippen molar-refractivity contribution in [2.75, 3.05) is 13.1 Å². The van der Waals surface area contributed by atoms with Crippen LogP contribution in [0.3, 0.4) is 0 Å².